The first-order valence-corrected chi connectivity index (χ1v) is 10.2. The molecule has 154 valence electrons. The van der Waals surface area contributed by atoms with E-state index in [4.69, 9.17) is 21.1 Å². The Balaban J connectivity index is 1.56. The van der Waals surface area contributed by atoms with Gasteiger partial charge in [0.05, 0.1) is 24.8 Å². The van der Waals surface area contributed by atoms with Crippen molar-refractivity contribution < 1.29 is 19.1 Å². The Hall–Kier alpha value is -2.73. The van der Waals surface area contributed by atoms with Gasteiger partial charge >= 0.3 is 5.97 Å². The van der Waals surface area contributed by atoms with Gasteiger partial charge in [-0.05, 0) is 50.1 Å². The van der Waals surface area contributed by atoms with Crippen molar-refractivity contribution in [1.29, 1.82) is 0 Å². The van der Waals surface area contributed by atoms with E-state index in [9.17, 15) is 9.59 Å². The summed E-state index contributed by atoms with van der Waals surface area (Å²) < 4.78 is 11.0. The molecule has 7 heteroatoms. The number of likely N-dealkylation sites (tertiary alicyclic amines) is 1. The van der Waals surface area contributed by atoms with E-state index >= 15 is 0 Å². The molecule has 29 heavy (non-hydrogen) atoms. The summed E-state index contributed by atoms with van der Waals surface area (Å²) in [4.78, 5) is 26.2. The van der Waals surface area contributed by atoms with Crippen molar-refractivity contribution in [2.45, 2.75) is 19.8 Å². The quantitative estimate of drug-likeness (QED) is 0.680. The van der Waals surface area contributed by atoms with Crippen molar-refractivity contribution >= 4 is 29.2 Å². The number of esters is 1. The number of carbonyl (C=O) groups excluding carboxylic acids is 2. The minimum absolute atomic E-state index is 0.0297. The number of rotatable bonds is 7. The summed E-state index contributed by atoms with van der Waals surface area (Å²) in [6, 6.07) is 14.7. The number of nitrogens with one attached hydrogen (secondary N) is 1. The van der Waals surface area contributed by atoms with Gasteiger partial charge in [0.1, 0.15) is 5.75 Å². The molecule has 6 nitrogen and oxygen atoms in total. The number of carbonyl (C=O) groups is 2. The zero-order valence-electron chi connectivity index (χ0n) is 16.4. The highest BCUT2D eigenvalue weighted by molar-refractivity contribution is 6.30. The van der Waals surface area contributed by atoms with Crippen LogP contribution in [-0.2, 0) is 14.3 Å². The molecule has 0 unspecified atom stereocenters. The van der Waals surface area contributed by atoms with Crippen LogP contribution in [0.4, 0.5) is 5.69 Å². The third-order valence-electron chi connectivity index (χ3n) is 4.81. The van der Waals surface area contributed by atoms with Crippen molar-refractivity contribution in [3.05, 3.63) is 53.6 Å². The zero-order valence-corrected chi connectivity index (χ0v) is 17.2. The van der Waals surface area contributed by atoms with Crippen LogP contribution in [0.1, 0.15) is 19.8 Å². The second kappa shape index (κ2) is 10.2. The average molecular weight is 417 g/mol. The molecule has 3 rings (SSSR count). The highest BCUT2D eigenvalue weighted by Gasteiger charge is 2.28. The normalized spacial score (nSPS) is 14.3. The number of nitrogens with zero attached hydrogens (tertiary/aromatic N) is 1. The van der Waals surface area contributed by atoms with Crippen molar-refractivity contribution in [3.8, 4) is 11.5 Å². The predicted molar refractivity (Wildman–Crippen MR) is 112 cm³/mol. The van der Waals surface area contributed by atoms with Crippen LogP contribution in [-0.4, -0.2) is 43.0 Å². The summed E-state index contributed by atoms with van der Waals surface area (Å²) in [5, 5.41) is 3.68. The van der Waals surface area contributed by atoms with E-state index in [1.54, 1.807) is 30.0 Å². The first-order valence-electron chi connectivity index (χ1n) is 9.77. The number of hydrogen-bond donors (Lipinski definition) is 1. The van der Waals surface area contributed by atoms with Gasteiger partial charge in [0, 0.05) is 18.1 Å². The maximum absolute atomic E-state index is 12.6. The highest BCUT2D eigenvalue weighted by Crippen LogP contribution is 2.32. The molecular weight excluding hydrogens is 392 g/mol. The summed E-state index contributed by atoms with van der Waals surface area (Å²) >= 11 is 6.12. The minimum Gasteiger partial charge on any atom is -0.466 e. The van der Waals surface area contributed by atoms with Crippen LogP contribution in [0.25, 0.3) is 0 Å². The van der Waals surface area contributed by atoms with Crippen LogP contribution in [0.2, 0.25) is 5.02 Å². The Morgan fingerprint density at radius 1 is 1.14 bits per heavy atom. The Bertz CT molecular complexity index is 836. The third kappa shape index (κ3) is 5.87. The lowest BCUT2D eigenvalue weighted by molar-refractivity contribution is -0.151. The topological polar surface area (TPSA) is 67.9 Å². The van der Waals surface area contributed by atoms with Gasteiger partial charge in [-0.15, -0.1) is 0 Å². The monoisotopic (exact) mass is 416 g/mol. The standard InChI is InChI=1S/C22H25ClN2O4/c1-2-28-22(27)16-10-12-25(13-11-16)21(26)15-24-19-14-17(23)8-9-20(19)29-18-6-4-3-5-7-18/h3-9,14,16,24H,2,10-13,15H2,1H3. The van der Waals surface area contributed by atoms with Crippen LogP contribution in [0.15, 0.2) is 48.5 Å². The molecule has 2 aromatic rings. The van der Waals surface area contributed by atoms with E-state index in [1.807, 2.05) is 30.3 Å². The van der Waals surface area contributed by atoms with Gasteiger partial charge in [0.2, 0.25) is 5.91 Å². The number of benzene rings is 2. The summed E-state index contributed by atoms with van der Waals surface area (Å²) in [5.74, 6) is 0.975. The van der Waals surface area contributed by atoms with Crippen LogP contribution in [0.3, 0.4) is 0 Å². The SMILES string of the molecule is CCOC(=O)C1CCN(C(=O)CNc2cc(Cl)ccc2Oc2ccccc2)CC1. The van der Waals surface area contributed by atoms with Crippen LogP contribution in [0.5, 0.6) is 11.5 Å². The van der Waals surface area contributed by atoms with E-state index in [0.29, 0.717) is 54.7 Å². The molecule has 0 bridgehead atoms. The maximum atomic E-state index is 12.6. The zero-order chi connectivity index (χ0) is 20.6. The molecule has 0 radical (unpaired) electrons. The number of amides is 1. The average Bonchev–Trinajstić information content (AvgIpc) is 2.74. The first-order chi connectivity index (χ1) is 14.1. The molecule has 1 heterocycles. The Labute approximate surface area is 175 Å². The largest absolute Gasteiger partial charge is 0.466 e. The number of halogens is 1. The van der Waals surface area contributed by atoms with Crippen molar-refractivity contribution in [1.82, 2.24) is 4.90 Å². The molecule has 0 saturated carbocycles. The molecule has 1 amide bonds. The van der Waals surface area contributed by atoms with Gasteiger partial charge in [-0.25, -0.2) is 0 Å². The van der Waals surface area contributed by atoms with Crippen molar-refractivity contribution in [2.75, 3.05) is 31.6 Å². The second-order valence-electron chi connectivity index (χ2n) is 6.82. The maximum Gasteiger partial charge on any atom is 0.309 e. The summed E-state index contributed by atoms with van der Waals surface area (Å²) in [5.41, 5.74) is 0.649. The fraction of sp³-hybridized carbons (Fsp3) is 0.364. The van der Waals surface area contributed by atoms with Crippen molar-refractivity contribution in [2.24, 2.45) is 5.92 Å². The summed E-state index contributed by atoms with van der Waals surface area (Å²) in [6.07, 6.45) is 1.26. The molecule has 0 aromatic heterocycles. The fourth-order valence-electron chi connectivity index (χ4n) is 3.25. The Kier molecular flexibility index (Phi) is 7.36. The van der Waals surface area contributed by atoms with E-state index in [2.05, 4.69) is 5.32 Å². The molecule has 1 aliphatic rings. The van der Waals surface area contributed by atoms with Gasteiger partial charge < -0.3 is 19.7 Å². The molecule has 1 fully saturated rings. The number of ether oxygens (including phenoxy) is 2. The Morgan fingerprint density at radius 2 is 1.86 bits per heavy atom. The lowest BCUT2D eigenvalue weighted by atomic mass is 9.97. The molecule has 1 N–H and O–H groups in total. The minimum atomic E-state index is -0.167. The van der Waals surface area contributed by atoms with E-state index in [0.717, 1.165) is 0 Å². The Morgan fingerprint density at radius 3 is 2.55 bits per heavy atom. The predicted octanol–water partition coefficient (Wildman–Crippen LogP) is 4.35. The first kappa shape index (κ1) is 21.0. The highest BCUT2D eigenvalue weighted by atomic mass is 35.5. The van der Waals surface area contributed by atoms with E-state index in [1.165, 1.54) is 0 Å². The molecule has 1 aliphatic heterocycles. The molecule has 0 aliphatic carbocycles. The number of anilines is 1. The van der Waals surface area contributed by atoms with Gasteiger partial charge in [-0.3, -0.25) is 9.59 Å². The van der Waals surface area contributed by atoms with Crippen molar-refractivity contribution in [3.63, 3.8) is 0 Å². The van der Waals surface area contributed by atoms with Gasteiger partial charge in [0.15, 0.2) is 5.75 Å². The molecule has 2 aromatic carbocycles. The number of hydrogen-bond acceptors (Lipinski definition) is 5. The van der Waals surface area contributed by atoms with Crippen LogP contribution in [0, 0.1) is 5.92 Å². The van der Waals surface area contributed by atoms with E-state index < -0.39 is 0 Å². The summed E-state index contributed by atoms with van der Waals surface area (Å²) in [7, 11) is 0. The smallest absolute Gasteiger partial charge is 0.309 e. The van der Waals surface area contributed by atoms with E-state index in [-0.39, 0.29) is 24.3 Å². The van der Waals surface area contributed by atoms with Gasteiger partial charge in [0.25, 0.3) is 0 Å². The molecular formula is C22H25ClN2O4. The molecule has 0 spiro atoms. The van der Waals surface area contributed by atoms with Gasteiger partial charge in [-0.1, -0.05) is 29.8 Å². The summed E-state index contributed by atoms with van der Waals surface area (Å²) in [6.45, 7) is 3.40. The third-order valence-corrected chi connectivity index (χ3v) is 5.05. The lowest BCUT2D eigenvalue weighted by Crippen LogP contribution is -2.43. The number of para-hydroxylation sites is 1. The van der Waals surface area contributed by atoms with Gasteiger partial charge in [-0.2, -0.15) is 0 Å². The van der Waals surface area contributed by atoms with Crippen LogP contribution < -0.4 is 10.1 Å². The lowest BCUT2D eigenvalue weighted by Gasteiger charge is -2.31. The molecule has 1 saturated heterocycles. The molecule has 0 atom stereocenters. The number of piperidine rings is 1. The van der Waals surface area contributed by atoms with Crippen LogP contribution >= 0.6 is 11.6 Å². The fourth-order valence-corrected chi connectivity index (χ4v) is 3.42. The second-order valence-corrected chi connectivity index (χ2v) is 7.25.